The van der Waals surface area contributed by atoms with Gasteiger partial charge in [-0.2, -0.15) is 4.39 Å². The number of nitrogens with zero attached hydrogens (tertiary/aromatic N) is 1. The average Bonchev–Trinajstić information content (AvgIpc) is 2.17. The minimum atomic E-state index is -0.970. The summed E-state index contributed by atoms with van der Waals surface area (Å²) in [6, 6.07) is 3.20. The summed E-state index contributed by atoms with van der Waals surface area (Å²) in [6.45, 7) is 1.98. The SMILES string of the molecule is CCOC(=N)c1ccc([N+](=O)[O-])c(F)c1.Cl. The number of rotatable bonds is 3. The van der Waals surface area contributed by atoms with E-state index in [0.717, 1.165) is 12.1 Å². The maximum atomic E-state index is 13.1. The molecule has 1 N–H and O–H groups in total. The van der Waals surface area contributed by atoms with Crippen LogP contribution in [0, 0.1) is 21.3 Å². The summed E-state index contributed by atoms with van der Waals surface area (Å²) < 4.78 is 17.9. The van der Waals surface area contributed by atoms with Crippen molar-refractivity contribution in [2.75, 3.05) is 6.61 Å². The minimum absolute atomic E-state index is 0. The zero-order valence-corrected chi connectivity index (χ0v) is 9.21. The molecule has 0 amide bonds. The van der Waals surface area contributed by atoms with Gasteiger partial charge in [0, 0.05) is 11.6 Å². The van der Waals surface area contributed by atoms with E-state index in [9.17, 15) is 14.5 Å². The average molecular weight is 249 g/mol. The van der Waals surface area contributed by atoms with Crippen molar-refractivity contribution in [1.82, 2.24) is 0 Å². The van der Waals surface area contributed by atoms with Crippen LogP contribution in [0.4, 0.5) is 10.1 Å². The highest BCUT2D eigenvalue weighted by Gasteiger charge is 2.15. The highest BCUT2D eigenvalue weighted by Crippen LogP contribution is 2.18. The van der Waals surface area contributed by atoms with Crippen LogP contribution in [0.3, 0.4) is 0 Å². The molecule has 0 aliphatic heterocycles. The molecule has 0 saturated heterocycles. The van der Waals surface area contributed by atoms with Crippen molar-refractivity contribution in [3.63, 3.8) is 0 Å². The molecule has 0 aliphatic carbocycles. The van der Waals surface area contributed by atoms with Crippen molar-refractivity contribution in [3.05, 3.63) is 39.7 Å². The number of nitrogens with one attached hydrogen (secondary N) is 1. The normalized spacial score (nSPS) is 9.12. The van der Waals surface area contributed by atoms with Crippen LogP contribution in [0.25, 0.3) is 0 Å². The Bertz CT molecular complexity index is 412. The van der Waals surface area contributed by atoms with Crippen molar-refractivity contribution in [3.8, 4) is 0 Å². The van der Waals surface area contributed by atoms with Gasteiger partial charge in [-0.15, -0.1) is 12.4 Å². The highest BCUT2D eigenvalue weighted by atomic mass is 35.5. The van der Waals surface area contributed by atoms with Gasteiger partial charge in [-0.1, -0.05) is 0 Å². The first-order valence-electron chi connectivity index (χ1n) is 4.22. The standard InChI is InChI=1S/C9H9FN2O3.ClH/c1-2-15-9(11)6-3-4-8(12(13)14)7(10)5-6;/h3-5,11H,2H2,1H3;1H. The van der Waals surface area contributed by atoms with Gasteiger partial charge in [0.25, 0.3) is 0 Å². The molecule has 0 aliphatic rings. The molecule has 1 aromatic carbocycles. The van der Waals surface area contributed by atoms with Gasteiger partial charge in [-0.3, -0.25) is 15.5 Å². The molecule has 88 valence electrons. The van der Waals surface area contributed by atoms with E-state index in [4.69, 9.17) is 10.1 Å². The zero-order chi connectivity index (χ0) is 11.4. The fourth-order valence-electron chi connectivity index (χ4n) is 1.02. The maximum Gasteiger partial charge on any atom is 0.304 e. The summed E-state index contributed by atoms with van der Waals surface area (Å²) in [7, 11) is 0. The van der Waals surface area contributed by atoms with Crippen molar-refractivity contribution >= 4 is 24.0 Å². The van der Waals surface area contributed by atoms with Gasteiger partial charge in [0.05, 0.1) is 11.5 Å². The second kappa shape index (κ2) is 6.02. The minimum Gasteiger partial charge on any atom is -0.478 e. The monoisotopic (exact) mass is 248 g/mol. The second-order valence-corrected chi connectivity index (χ2v) is 2.69. The first-order chi connectivity index (χ1) is 7.06. The molecule has 5 nitrogen and oxygen atoms in total. The van der Waals surface area contributed by atoms with Crippen LogP contribution in [0.5, 0.6) is 0 Å². The third kappa shape index (κ3) is 3.16. The van der Waals surface area contributed by atoms with Crippen LogP contribution in [0.1, 0.15) is 12.5 Å². The van der Waals surface area contributed by atoms with E-state index in [1.165, 1.54) is 6.07 Å². The number of nitro groups is 1. The molecule has 0 heterocycles. The quantitative estimate of drug-likeness (QED) is 0.386. The summed E-state index contributed by atoms with van der Waals surface area (Å²) in [5.41, 5.74) is -0.428. The fraction of sp³-hybridized carbons (Fsp3) is 0.222. The molecule has 0 atom stereocenters. The second-order valence-electron chi connectivity index (χ2n) is 2.69. The molecular weight excluding hydrogens is 239 g/mol. The lowest BCUT2D eigenvalue weighted by atomic mass is 10.2. The van der Waals surface area contributed by atoms with Gasteiger partial charge in [0.1, 0.15) is 0 Å². The molecule has 0 spiro atoms. The molecule has 1 aromatic rings. The molecule has 16 heavy (non-hydrogen) atoms. The van der Waals surface area contributed by atoms with E-state index in [1.807, 2.05) is 0 Å². The lowest BCUT2D eigenvalue weighted by Crippen LogP contribution is -2.05. The summed E-state index contributed by atoms with van der Waals surface area (Å²) in [4.78, 5) is 9.49. The number of benzene rings is 1. The Balaban J connectivity index is 0.00000225. The number of halogens is 2. The van der Waals surface area contributed by atoms with E-state index < -0.39 is 16.4 Å². The van der Waals surface area contributed by atoms with Gasteiger partial charge in [0.15, 0.2) is 0 Å². The third-order valence-corrected chi connectivity index (χ3v) is 1.70. The lowest BCUT2D eigenvalue weighted by Gasteiger charge is -2.04. The largest absolute Gasteiger partial charge is 0.478 e. The topological polar surface area (TPSA) is 76.2 Å². The van der Waals surface area contributed by atoms with Gasteiger partial charge < -0.3 is 4.74 Å². The predicted molar refractivity (Wildman–Crippen MR) is 58.8 cm³/mol. The zero-order valence-electron chi connectivity index (χ0n) is 8.40. The van der Waals surface area contributed by atoms with Gasteiger partial charge in [-0.05, 0) is 19.1 Å². The molecule has 0 aromatic heterocycles. The molecular formula is C9H10ClFN2O3. The van der Waals surface area contributed by atoms with E-state index in [1.54, 1.807) is 6.92 Å². The van der Waals surface area contributed by atoms with Crippen molar-refractivity contribution < 1.29 is 14.1 Å². The van der Waals surface area contributed by atoms with Crippen molar-refractivity contribution in [2.24, 2.45) is 0 Å². The highest BCUT2D eigenvalue weighted by molar-refractivity contribution is 5.91. The Morgan fingerprint density at radius 1 is 1.62 bits per heavy atom. The van der Waals surface area contributed by atoms with Crippen LogP contribution >= 0.6 is 12.4 Å². The first kappa shape index (κ1) is 14.3. The Morgan fingerprint density at radius 2 is 2.25 bits per heavy atom. The predicted octanol–water partition coefficient (Wildman–Crippen LogP) is 2.52. The number of ether oxygens (including phenoxy) is 1. The van der Waals surface area contributed by atoms with Crippen LogP contribution in [0.15, 0.2) is 18.2 Å². The molecule has 0 saturated carbocycles. The Labute approximate surface area is 97.3 Å². The summed E-state index contributed by atoms with van der Waals surface area (Å²) in [6.07, 6.45) is 0. The maximum absolute atomic E-state index is 13.1. The summed E-state index contributed by atoms with van der Waals surface area (Å²) >= 11 is 0. The first-order valence-corrected chi connectivity index (χ1v) is 4.22. The van der Waals surface area contributed by atoms with Gasteiger partial charge >= 0.3 is 5.69 Å². The van der Waals surface area contributed by atoms with E-state index >= 15 is 0 Å². The fourth-order valence-corrected chi connectivity index (χ4v) is 1.02. The van der Waals surface area contributed by atoms with E-state index in [2.05, 4.69) is 0 Å². The van der Waals surface area contributed by atoms with Crippen molar-refractivity contribution in [1.29, 1.82) is 5.41 Å². The van der Waals surface area contributed by atoms with E-state index in [0.29, 0.717) is 0 Å². The van der Waals surface area contributed by atoms with Crippen molar-refractivity contribution in [2.45, 2.75) is 6.92 Å². The molecule has 1 rings (SSSR count). The molecule has 0 fully saturated rings. The van der Waals surface area contributed by atoms with Crippen LogP contribution in [0.2, 0.25) is 0 Å². The van der Waals surface area contributed by atoms with E-state index in [-0.39, 0.29) is 30.5 Å². The van der Waals surface area contributed by atoms with Gasteiger partial charge in [-0.25, -0.2) is 0 Å². The number of nitro benzene ring substituents is 1. The lowest BCUT2D eigenvalue weighted by molar-refractivity contribution is -0.387. The molecule has 0 bridgehead atoms. The van der Waals surface area contributed by atoms with Crippen LogP contribution in [-0.2, 0) is 4.74 Å². The summed E-state index contributed by atoms with van der Waals surface area (Å²) in [5.74, 6) is -1.17. The van der Waals surface area contributed by atoms with Crippen LogP contribution < -0.4 is 0 Å². The third-order valence-electron chi connectivity index (χ3n) is 1.70. The number of hydrogen-bond donors (Lipinski definition) is 1. The Hall–Kier alpha value is -1.69. The smallest absolute Gasteiger partial charge is 0.304 e. The van der Waals surface area contributed by atoms with Gasteiger partial charge in [0.2, 0.25) is 11.7 Å². The summed E-state index contributed by atoms with van der Waals surface area (Å²) in [5, 5.41) is 17.7. The molecule has 0 unspecified atom stereocenters. The number of hydrogen-bond acceptors (Lipinski definition) is 4. The molecule has 0 radical (unpaired) electrons. The Morgan fingerprint density at radius 3 is 2.69 bits per heavy atom. The molecule has 7 heteroatoms. The van der Waals surface area contributed by atoms with Crippen LogP contribution in [-0.4, -0.2) is 17.4 Å². The Kier molecular flexibility index (Phi) is 5.38.